The molecule has 0 bridgehead atoms. The van der Waals surface area contributed by atoms with Crippen LogP contribution in [-0.2, 0) is 28.6 Å². The molecule has 0 amide bonds. The van der Waals surface area contributed by atoms with Crippen LogP contribution < -0.4 is 0 Å². The van der Waals surface area contributed by atoms with E-state index in [1.807, 2.05) is 6.08 Å². The van der Waals surface area contributed by atoms with Gasteiger partial charge in [0.25, 0.3) is 0 Å². The van der Waals surface area contributed by atoms with Crippen LogP contribution in [0.5, 0.6) is 0 Å². The zero-order chi connectivity index (χ0) is 55.0. The fourth-order valence-corrected chi connectivity index (χ4v) is 8.05. The minimum Gasteiger partial charge on any atom is -0.462 e. The number of hydrogen-bond acceptors (Lipinski definition) is 6. The number of esters is 3. The number of carbonyl (C=O) groups is 3. The summed E-state index contributed by atoms with van der Waals surface area (Å²) >= 11 is 0. The molecule has 0 fully saturated rings. The fraction of sp³-hybridized carbons (Fsp3) is 0.614. The van der Waals surface area contributed by atoms with Crippen molar-refractivity contribution in [2.75, 3.05) is 13.2 Å². The van der Waals surface area contributed by atoms with E-state index in [2.05, 4.69) is 154 Å². The van der Waals surface area contributed by atoms with Crippen molar-refractivity contribution in [3.63, 3.8) is 0 Å². The Morgan fingerprint density at radius 1 is 0.289 bits per heavy atom. The smallest absolute Gasteiger partial charge is 0.310 e. The van der Waals surface area contributed by atoms with Crippen LogP contribution >= 0.6 is 0 Å². The van der Waals surface area contributed by atoms with Crippen molar-refractivity contribution in [2.45, 2.75) is 264 Å². The summed E-state index contributed by atoms with van der Waals surface area (Å²) in [5, 5.41) is 0. The molecular weight excluding hydrogens is 937 g/mol. The molecule has 0 saturated heterocycles. The van der Waals surface area contributed by atoms with Gasteiger partial charge in [0.2, 0.25) is 0 Å². The van der Waals surface area contributed by atoms with E-state index >= 15 is 0 Å². The number of carbonyl (C=O) groups excluding carboxylic acids is 3. The Morgan fingerprint density at radius 2 is 0.553 bits per heavy atom. The highest BCUT2D eigenvalue weighted by Crippen LogP contribution is 2.15. The zero-order valence-corrected chi connectivity index (χ0v) is 49.0. The summed E-state index contributed by atoms with van der Waals surface area (Å²) in [4.78, 5) is 38.0. The van der Waals surface area contributed by atoms with E-state index in [4.69, 9.17) is 14.2 Å². The number of unbranched alkanes of at least 4 members (excludes halogenated alkanes) is 20. The van der Waals surface area contributed by atoms with Gasteiger partial charge in [-0.15, -0.1) is 0 Å². The lowest BCUT2D eigenvalue weighted by molar-refractivity contribution is -0.166. The van der Waals surface area contributed by atoms with E-state index in [1.54, 1.807) is 6.08 Å². The first-order valence-corrected chi connectivity index (χ1v) is 30.8. The second-order valence-corrected chi connectivity index (χ2v) is 19.9. The van der Waals surface area contributed by atoms with Gasteiger partial charge in [0.05, 0.1) is 6.42 Å². The average Bonchev–Trinajstić information content (AvgIpc) is 3.42. The summed E-state index contributed by atoms with van der Waals surface area (Å²) < 4.78 is 16.7. The van der Waals surface area contributed by atoms with Crippen LogP contribution in [0.15, 0.2) is 146 Å². The van der Waals surface area contributed by atoms with Gasteiger partial charge in [-0.1, -0.05) is 269 Å². The Balaban J connectivity index is 4.21. The fourth-order valence-electron chi connectivity index (χ4n) is 8.05. The lowest BCUT2D eigenvalue weighted by atomic mass is 10.0. The highest BCUT2D eigenvalue weighted by atomic mass is 16.6. The summed E-state index contributed by atoms with van der Waals surface area (Å²) in [6.45, 7) is 6.25. The molecule has 0 aliphatic heterocycles. The highest BCUT2D eigenvalue weighted by Gasteiger charge is 2.19. The molecule has 0 N–H and O–H groups in total. The Morgan fingerprint density at radius 3 is 0.882 bits per heavy atom. The van der Waals surface area contributed by atoms with Crippen molar-refractivity contribution >= 4 is 17.9 Å². The molecule has 0 aliphatic carbocycles. The second-order valence-electron chi connectivity index (χ2n) is 19.9. The molecule has 6 heteroatoms. The third-order valence-corrected chi connectivity index (χ3v) is 12.6. The van der Waals surface area contributed by atoms with Crippen molar-refractivity contribution in [3.05, 3.63) is 146 Å². The summed E-state index contributed by atoms with van der Waals surface area (Å²) in [6, 6.07) is 0. The monoisotopic (exact) mass is 1050 g/mol. The van der Waals surface area contributed by atoms with E-state index in [9.17, 15) is 14.4 Å². The maximum Gasteiger partial charge on any atom is 0.310 e. The molecule has 0 aromatic heterocycles. The molecule has 6 nitrogen and oxygen atoms in total. The SMILES string of the molecule is CC/C=C\C/C=C\C/C=C\C/C=C\C/C=C\C/C=C\CCCCCCCCCCCCCCCCC(=O)OCC(COC(=O)CCCCCCC/C=C\CCC)OC(=O)C/C=C\C/C=C\C/C=C\C/C=C\C/C=C\CC. The first kappa shape index (κ1) is 71.3. The minimum atomic E-state index is -0.839. The molecule has 0 spiro atoms. The van der Waals surface area contributed by atoms with Crippen LogP contribution in [0.2, 0.25) is 0 Å². The first-order valence-electron chi connectivity index (χ1n) is 30.8. The number of allylic oxidation sites excluding steroid dienone is 23. The van der Waals surface area contributed by atoms with Crippen molar-refractivity contribution < 1.29 is 28.6 Å². The Bertz CT molecular complexity index is 1680. The van der Waals surface area contributed by atoms with Gasteiger partial charge in [-0.2, -0.15) is 0 Å². The normalized spacial score (nSPS) is 13.1. The van der Waals surface area contributed by atoms with Gasteiger partial charge in [-0.05, 0) is 116 Å². The van der Waals surface area contributed by atoms with Crippen molar-refractivity contribution in [1.29, 1.82) is 0 Å². The van der Waals surface area contributed by atoms with Crippen LogP contribution in [0.4, 0.5) is 0 Å². The largest absolute Gasteiger partial charge is 0.462 e. The summed E-state index contributed by atoms with van der Waals surface area (Å²) in [5.41, 5.74) is 0. The predicted molar refractivity (Wildman–Crippen MR) is 329 cm³/mol. The minimum absolute atomic E-state index is 0.0909. The first-order chi connectivity index (χ1) is 37.5. The molecule has 0 heterocycles. The Kier molecular flexibility index (Phi) is 58.9. The van der Waals surface area contributed by atoms with Gasteiger partial charge in [0.15, 0.2) is 6.10 Å². The van der Waals surface area contributed by atoms with Crippen LogP contribution in [0.3, 0.4) is 0 Å². The maximum absolute atomic E-state index is 12.8. The van der Waals surface area contributed by atoms with Crippen LogP contribution in [0.1, 0.15) is 258 Å². The Hall–Kier alpha value is -4.71. The van der Waals surface area contributed by atoms with Gasteiger partial charge in [-0.25, -0.2) is 0 Å². The van der Waals surface area contributed by atoms with Crippen LogP contribution in [0, 0.1) is 0 Å². The molecule has 76 heavy (non-hydrogen) atoms. The summed E-state index contributed by atoms with van der Waals surface area (Å²) in [6.07, 6.45) is 90.4. The Labute approximate surface area is 467 Å². The molecule has 0 aromatic rings. The molecule has 0 radical (unpaired) electrons. The molecule has 428 valence electrons. The van der Waals surface area contributed by atoms with Gasteiger partial charge in [0, 0.05) is 12.8 Å². The predicted octanol–water partition coefficient (Wildman–Crippen LogP) is 21.2. The summed E-state index contributed by atoms with van der Waals surface area (Å²) in [7, 11) is 0. The number of hydrogen-bond donors (Lipinski definition) is 0. The van der Waals surface area contributed by atoms with Gasteiger partial charge in [0.1, 0.15) is 13.2 Å². The van der Waals surface area contributed by atoms with Gasteiger partial charge in [-0.3, -0.25) is 14.4 Å². The molecule has 0 aliphatic rings. The average molecular weight is 1050 g/mol. The number of ether oxygens (including phenoxy) is 3. The molecule has 0 aromatic carbocycles. The van der Waals surface area contributed by atoms with Crippen LogP contribution in [0.25, 0.3) is 0 Å². The van der Waals surface area contributed by atoms with Crippen molar-refractivity contribution in [3.8, 4) is 0 Å². The van der Waals surface area contributed by atoms with E-state index in [0.29, 0.717) is 19.3 Å². The standard InChI is InChI=1S/C70H112O6/c1-4-7-10-13-16-19-22-24-26-27-28-29-30-31-32-33-34-35-36-37-38-39-40-41-42-43-45-46-48-51-54-57-60-63-69(72)75-66-67(65-74-68(71)62-59-56-53-50-21-18-15-12-9-6-3)76-70(73)64-61-58-55-52-49-47-44-25-23-20-17-14-11-8-5-2/h7-8,10-12,15-17,19-20,24-26,28-29,31-32,34-35,44,49,52,58,61,67H,4-6,9,13-14,18,21-23,27,30,33,36-43,45-48,50-51,53-57,59-60,62-66H2,1-3H3/b10-7-,11-8-,15-12-,19-16-,20-17-,26-24-,29-28-,32-31-,35-34-,44-25-,52-49-,61-58-. The third-order valence-electron chi connectivity index (χ3n) is 12.6. The van der Waals surface area contributed by atoms with Crippen molar-refractivity contribution in [1.82, 2.24) is 0 Å². The highest BCUT2D eigenvalue weighted by molar-refractivity contribution is 5.72. The van der Waals surface area contributed by atoms with E-state index in [1.165, 1.54) is 89.9 Å². The molecule has 1 unspecified atom stereocenters. The molecule has 0 saturated carbocycles. The number of rotatable bonds is 54. The van der Waals surface area contributed by atoms with Crippen LogP contribution in [-0.4, -0.2) is 37.2 Å². The van der Waals surface area contributed by atoms with Gasteiger partial charge < -0.3 is 14.2 Å². The summed E-state index contributed by atoms with van der Waals surface area (Å²) in [5.74, 6) is -1.07. The van der Waals surface area contributed by atoms with Crippen molar-refractivity contribution in [2.24, 2.45) is 0 Å². The topological polar surface area (TPSA) is 78.9 Å². The quantitative estimate of drug-likeness (QED) is 0.0261. The molecule has 0 rings (SSSR count). The zero-order valence-electron chi connectivity index (χ0n) is 49.0. The second kappa shape index (κ2) is 62.8. The van der Waals surface area contributed by atoms with E-state index < -0.39 is 12.1 Å². The van der Waals surface area contributed by atoms with E-state index in [-0.39, 0.29) is 31.6 Å². The maximum atomic E-state index is 12.8. The lowest BCUT2D eigenvalue weighted by Gasteiger charge is -2.18. The molecule has 1 atom stereocenters. The lowest BCUT2D eigenvalue weighted by Crippen LogP contribution is -2.30. The molecular formula is C70H112O6. The van der Waals surface area contributed by atoms with Gasteiger partial charge >= 0.3 is 17.9 Å². The van der Waals surface area contributed by atoms with E-state index in [0.717, 1.165) is 122 Å². The third kappa shape index (κ3) is 60.2.